The molecule has 2 aromatic carbocycles. The van der Waals surface area contributed by atoms with Crippen molar-refractivity contribution in [3.05, 3.63) is 59.7 Å². The van der Waals surface area contributed by atoms with Gasteiger partial charge in [0.1, 0.15) is 0 Å². The Morgan fingerprint density at radius 1 is 1.04 bits per heavy atom. The van der Waals surface area contributed by atoms with Gasteiger partial charge in [0, 0.05) is 18.3 Å². The second kappa shape index (κ2) is 7.58. The zero-order valence-electron chi connectivity index (χ0n) is 13.7. The molecule has 0 heterocycles. The van der Waals surface area contributed by atoms with Crippen molar-refractivity contribution in [1.29, 1.82) is 0 Å². The zero-order valence-corrected chi connectivity index (χ0v) is 13.7. The highest BCUT2D eigenvalue weighted by Gasteiger charge is 2.18. The van der Waals surface area contributed by atoms with E-state index in [0.29, 0.717) is 0 Å². The molecule has 0 radical (unpaired) electrons. The van der Waals surface area contributed by atoms with Gasteiger partial charge in [0.05, 0.1) is 5.92 Å². The molecular weight excluding hydrogens is 288 g/mol. The monoisotopic (exact) mass is 310 g/mol. The molecule has 0 spiro atoms. The molecule has 0 aliphatic heterocycles. The average molecular weight is 310 g/mol. The summed E-state index contributed by atoms with van der Waals surface area (Å²) in [5.74, 6) is -0.308. The predicted molar refractivity (Wildman–Crippen MR) is 93.6 cm³/mol. The Morgan fingerprint density at radius 2 is 1.74 bits per heavy atom. The molecule has 120 valence electrons. The quantitative estimate of drug-likeness (QED) is 0.874. The lowest BCUT2D eigenvalue weighted by atomic mass is 9.95. The smallest absolute Gasteiger partial charge is 0.231 e. The number of hydrogen-bond acceptors (Lipinski definition) is 2. The van der Waals surface area contributed by atoms with Crippen molar-refractivity contribution in [3.8, 4) is 0 Å². The van der Waals surface area contributed by atoms with Gasteiger partial charge in [-0.05, 0) is 42.7 Å². The van der Waals surface area contributed by atoms with Crippen LogP contribution in [0.2, 0.25) is 0 Å². The van der Waals surface area contributed by atoms with Crippen molar-refractivity contribution in [1.82, 2.24) is 0 Å². The third-order valence-corrected chi connectivity index (χ3v) is 3.73. The summed E-state index contributed by atoms with van der Waals surface area (Å²) in [5.41, 5.74) is 3.41. The summed E-state index contributed by atoms with van der Waals surface area (Å²) in [4.78, 5) is 23.7. The van der Waals surface area contributed by atoms with Gasteiger partial charge in [-0.3, -0.25) is 9.59 Å². The second-order valence-electron chi connectivity index (χ2n) is 5.57. The Bertz CT molecular complexity index is 696. The molecule has 0 saturated heterocycles. The lowest BCUT2D eigenvalue weighted by Gasteiger charge is -2.16. The Balaban J connectivity index is 2.13. The summed E-state index contributed by atoms with van der Waals surface area (Å²) in [6.07, 6.45) is 0.735. The van der Waals surface area contributed by atoms with E-state index in [1.807, 2.05) is 50.2 Å². The average Bonchev–Trinajstić information content (AvgIpc) is 2.51. The van der Waals surface area contributed by atoms with Gasteiger partial charge in [0.15, 0.2) is 0 Å². The number of carbonyl (C=O) groups is 2. The molecule has 1 atom stereocenters. The summed E-state index contributed by atoms with van der Waals surface area (Å²) >= 11 is 0. The zero-order chi connectivity index (χ0) is 16.8. The molecule has 0 fully saturated rings. The molecule has 2 amide bonds. The van der Waals surface area contributed by atoms with E-state index in [9.17, 15) is 9.59 Å². The number of nitrogens with one attached hydrogen (secondary N) is 2. The van der Waals surface area contributed by atoms with E-state index < -0.39 is 0 Å². The number of hydrogen-bond donors (Lipinski definition) is 2. The number of aryl methyl sites for hydroxylation is 1. The van der Waals surface area contributed by atoms with Crippen molar-refractivity contribution in [2.24, 2.45) is 0 Å². The van der Waals surface area contributed by atoms with Crippen LogP contribution in [0, 0.1) is 6.92 Å². The van der Waals surface area contributed by atoms with Gasteiger partial charge in [-0.1, -0.05) is 37.3 Å². The van der Waals surface area contributed by atoms with E-state index >= 15 is 0 Å². The first-order valence-electron chi connectivity index (χ1n) is 7.75. The third kappa shape index (κ3) is 4.42. The van der Waals surface area contributed by atoms with Gasteiger partial charge in [-0.2, -0.15) is 0 Å². The molecule has 4 heteroatoms. The first kappa shape index (κ1) is 16.7. The first-order chi connectivity index (χ1) is 11.0. The van der Waals surface area contributed by atoms with Gasteiger partial charge in [0.25, 0.3) is 0 Å². The summed E-state index contributed by atoms with van der Waals surface area (Å²) in [6.45, 7) is 5.37. The molecule has 0 aliphatic carbocycles. The van der Waals surface area contributed by atoms with E-state index in [2.05, 4.69) is 10.6 Å². The largest absolute Gasteiger partial charge is 0.326 e. The summed E-state index contributed by atoms with van der Waals surface area (Å²) < 4.78 is 0. The van der Waals surface area contributed by atoms with E-state index in [4.69, 9.17) is 0 Å². The Labute approximate surface area is 136 Å². The fourth-order valence-electron chi connectivity index (χ4n) is 2.56. The van der Waals surface area contributed by atoms with Crippen molar-refractivity contribution in [2.45, 2.75) is 33.1 Å². The van der Waals surface area contributed by atoms with Crippen molar-refractivity contribution >= 4 is 23.2 Å². The van der Waals surface area contributed by atoms with Gasteiger partial charge < -0.3 is 10.6 Å². The van der Waals surface area contributed by atoms with Crippen LogP contribution in [0.3, 0.4) is 0 Å². The topological polar surface area (TPSA) is 58.2 Å². The summed E-state index contributed by atoms with van der Waals surface area (Å²) in [5, 5.41) is 5.72. The SMILES string of the molecule is CCC(C(=O)Nc1ccc(NC(C)=O)c(C)c1)c1ccccc1. The van der Waals surface area contributed by atoms with Crippen LogP contribution in [0.5, 0.6) is 0 Å². The third-order valence-electron chi connectivity index (χ3n) is 3.73. The number of amides is 2. The normalized spacial score (nSPS) is 11.6. The summed E-state index contributed by atoms with van der Waals surface area (Å²) in [7, 11) is 0. The molecular formula is C19H22N2O2. The molecule has 2 rings (SSSR count). The fraction of sp³-hybridized carbons (Fsp3) is 0.263. The molecule has 0 bridgehead atoms. The molecule has 2 aromatic rings. The molecule has 0 saturated carbocycles. The van der Waals surface area contributed by atoms with Crippen LogP contribution < -0.4 is 10.6 Å². The van der Waals surface area contributed by atoms with E-state index in [-0.39, 0.29) is 17.7 Å². The van der Waals surface area contributed by atoms with E-state index in [1.165, 1.54) is 6.92 Å². The minimum Gasteiger partial charge on any atom is -0.326 e. The number of carbonyl (C=O) groups excluding carboxylic acids is 2. The van der Waals surface area contributed by atoms with Crippen molar-refractivity contribution in [2.75, 3.05) is 10.6 Å². The highest BCUT2D eigenvalue weighted by Crippen LogP contribution is 2.24. The lowest BCUT2D eigenvalue weighted by Crippen LogP contribution is -2.20. The second-order valence-corrected chi connectivity index (χ2v) is 5.57. The highest BCUT2D eigenvalue weighted by molar-refractivity contribution is 5.96. The van der Waals surface area contributed by atoms with Crippen LogP contribution in [0.25, 0.3) is 0 Å². The maximum absolute atomic E-state index is 12.5. The van der Waals surface area contributed by atoms with Gasteiger partial charge >= 0.3 is 0 Å². The minimum absolute atomic E-state index is 0.0228. The maximum atomic E-state index is 12.5. The van der Waals surface area contributed by atoms with Crippen LogP contribution in [-0.2, 0) is 9.59 Å². The Morgan fingerprint density at radius 3 is 2.30 bits per heavy atom. The van der Waals surface area contributed by atoms with Crippen molar-refractivity contribution in [3.63, 3.8) is 0 Å². The van der Waals surface area contributed by atoms with E-state index in [1.54, 1.807) is 12.1 Å². The van der Waals surface area contributed by atoms with Crippen LogP contribution in [-0.4, -0.2) is 11.8 Å². The minimum atomic E-state index is -0.175. The fourth-order valence-corrected chi connectivity index (χ4v) is 2.56. The molecule has 4 nitrogen and oxygen atoms in total. The standard InChI is InChI=1S/C19H22N2O2/c1-4-17(15-8-6-5-7-9-15)19(23)21-16-10-11-18(13(2)12-16)20-14(3)22/h5-12,17H,4H2,1-3H3,(H,20,22)(H,21,23). The van der Waals surface area contributed by atoms with Gasteiger partial charge in [-0.15, -0.1) is 0 Å². The van der Waals surface area contributed by atoms with Gasteiger partial charge in [-0.25, -0.2) is 0 Å². The van der Waals surface area contributed by atoms with Crippen LogP contribution in [0.15, 0.2) is 48.5 Å². The van der Waals surface area contributed by atoms with Crippen LogP contribution >= 0.6 is 0 Å². The lowest BCUT2D eigenvalue weighted by molar-refractivity contribution is -0.117. The van der Waals surface area contributed by atoms with Gasteiger partial charge in [0.2, 0.25) is 11.8 Å². The Hall–Kier alpha value is -2.62. The molecule has 1 unspecified atom stereocenters. The number of rotatable bonds is 5. The molecule has 0 aromatic heterocycles. The molecule has 2 N–H and O–H groups in total. The molecule has 23 heavy (non-hydrogen) atoms. The molecule has 0 aliphatic rings. The summed E-state index contributed by atoms with van der Waals surface area (Å²) in [6, 6.07) is 15.2. The van der Waals surface area contributed by atoms with Crippen LogP contribution in [0.4, 0.5) is 11.4 Å². The maximum Gasteiger partial charge on any atom is 0.231 e. The highest BCUT2D eigenvalue weighted by atomic mass is 16.2. The van der Waals surface area contributed by atoms with Crippen molar-refractivity contribution < 1.29 is 9.59 Å². The Kier molecular flexibility index (Phi) is 5.52. The predicted octanol–water partition coefficient (Wildman–Crippen LogP) is 4.09. The van der Waals surface area contributed by atoms with E-state index in [0.717, 1.165) is 28.9 Å². The first-order valence-corrected chi connectivity index (χ1v) is 7.75. The number of anilines is 2. The number of benzene rings is 2. The van der Waals surface area contributed by atoms with Crippen LogP contribution in [0.1, 0.15) is 37.3 Å².